The molecule has 0 spiro atoms. The summed E-state index contributed by atoms with van der Waals surface area (Å²) < 4.78 is 0. The fraction of sp³-hybridized carbons (Fsp3) is 0.846. The maximum absolute atomic E-state index is 10.5. The molecule has 0 aromatic heterocycles. The average Bonchev–Trinajstić information content (AvgIpc) is 2.21. The first-order valence-corrected chi connectivity index (χ1v) is 6.59. The normalized spacial score (nSPS) is 20.4. The summed E-state index contributed by atoms with van der Waals surface area (Å²) in [5.41, 5.74) is 1.05. The first-order valence-electron chi connectivity index (χ1n) is 6.59. The fourth-order valence-electron chi connectivity index (χ4n) is 2.27. The van der Waals surface area contributed by atoms with E-state index in [-0.39, 0.29) is 11.5 Å². The second kappa shape index (κ2) is 8.31. The predicted molar refractivity (Wildman–Crippen MR) is 66.1 cm³/mol. The van der Waals surface area contributed by atoms with Crippen LogP contribution >= 0.6 is 0 Å². The van der Waals surface area contributed by atoms with E-state index >= 15 is 0 Å². The van der Waals surface area contributed by atoms with Gasteiger partial charge in [0.25, 0.3) is 0 Å². The van der Waals surface area contributed by atoms with Crippen molar-refractivity contribution in [2.75, 3.05) is 6.54 Å². The second-order valence-corrected chi connectivity index (χ2v) is 4.72. The van der Waals surface area contributed by atoms with Crippen LogP contribution in [0.3, 0.4) is 0 Å². The van der Waals surface area contributed by atoms with Crippen molar-refractivity contribution >= 4 is 0 Å². The number of rotatable bonds is 2. The molecule has 0 saturated heterocycles. The molecule has 0 atom stereocenters. The largest absolute Gasteiger partial charge is 0.264 e. The van der Waals surface area contributed by atoms with E-state index in [4.69, 9.17) is 0 Å². The smallest absolute Gasteiger partial charge is 0.224 e. The SMILES string of the molecule is O=[N+]([O-])CC1=CCCCCCCCCCC1. The average molecular weight is 225 g/mol. The van der Waals surface area contributed by atoms with Crippen molar-refractivity contribution in [3.05, 3.63) is 21.8 Å². The van der Waals surface area contributed by atoms with Crippen molar-refractivity contribution in [3.63, 3.8) is 0 Å². The second-order valence-electron chi connectivity index (χ2n) is 4.72. The predicted octanol–water partition coefficient (Wildman–Crippen LogP) is 4.10. The lowest BCUT2D eigenvalue weighted by Crippen LogP contribution is -2.04. The molecule has 0 radical (unpaired) electrons. The van der Waals surface area contributed by atoms with Gasteiger partial charge in [-0.2, -0.15) is 0 Å². The van der Waals surface area contributed by atoms with Crippen molar-refractivity contribution in [2.45, 2.75) is 64.2 Å². The minimum atomic E-state index is -0.197. The molecule has 0 amide bonds. The quantitative estimate of drug-likeness (QED) is 0.403. The van der Waals surface area contributed by atoms with E-state index in [2.05, 4.69) is 6.08 Å². The van der Waals surface area contributed by atoms with Crippen LogP contribution in [-0.4, -0.2) is 11.5 Å². The van der Waals surface area contributed by atoms with Gasteiger partial charge in [-0.3, -0.25) is 10.1 Å². The van der Waals surface area contributed by atoms with Gasteiger partial charge in [-0.1, -0.05) is 44.6 Å². The van der Waals surface area contributed by atoms with Gasteiger partial charge in [0.05, 0.1) is 0 Å². The summed E-state index contributed by atoms with van der Waals surface area (Å²) in [6.07, 6.45) is 14.2. The van der Waals surface area contributed by atoms with E-state index in [1.807, 2.05) is 0 Å². The Bertz CT molecular complexity index is 236. The molecule has 92 valence electrons. The Balaban J connectivity index is 2.40. The molecule has 0 saturated carbocycles. The highest BCUT2D eigenvalue weighted by Crippen LogP contribution is 2.16. The van der Waals surface area contributed by atoms with Gasteiger partial charge in [0.2, 0.25) is 6.54 Å². The fourth-order valence-corrected chi connectivity index (χ4v) is 2.27. The van der Waals surface area contributed by atoms with Crippen molar-refractivity contribution in [3.8, 4) is 0 Å². The Labute approximate surface area is 98.1 Å². The lowest BCUT2D eigenvalue weighted by atomic mass is 10.0. The molecule has 3 nitrogen and oxygen atoms in total. The molecule has 1 rings (SSSR count). The van der Waals surface area contributed by atoms with Crippen LogP contribution in [0.15, 0.2) is 11.6 Å². The van der Waals surface area contributed by atoms with E-state index in [0.717, 1.165) is 24.8 Å². The van der Waals surface area contributed by atoms with Crippen LogP contribution < -0.4 is 0 Å². The number of hydrogen-bond acceptors (Lipinski definition) is 2. The van der Waals surface area contributed by atoms with Crippen LogP contribution in [0.5, 0.6) is 0 Å². The molecule has 1 aliphatic rings. The molecule has 0 aliphatic heterocycles. The van der Waals surface area contributed by atoms with Gasteiger partial charge >= 0.3 is 0 Å². The van der Waals surface area contributed by atoms with Crippen LogP contribution in [0.4, 0.5) is 0 Å². The van der Waals surface area contributed by atoms with E-state index in [1.165, 1.54) is 44.9 Å². The molecular formula is C13H23NO2. The Morgan fingerprint density at radius 1 is 1.00 bits per heavy atom. The molecule has 0 aromatic carbocycles. The molecule has 1 aliphatic carbocycles. The lowest BCUT2D eigenvalue weighted by Gasteiger charge is -2.06. The van der Waals surface area contributed by atoms with Crippen LogP contribution in [0.2, 0.25) is 0 Å². The third kappa shape index (κ3) is 6.59. The van der Waals surface area contributed by atoms with Crippen LogP contribution in [0, 0.1) is 10.1 Å². The minimum absolute atomic E-state index is 0.0556. The monoisotopic (exact) mass is 225 g/mol. The molecular weight excluding hydrogens is 202 g/mol. The number of allylic oxidation sites excluding steroid dienone is 1. The first-order chi connectivity index (χ1) is 7.79. The minimum Gasteiger partial charge on any atom is -0.264 e. The molecule has 0 unspecified atom stereocenters. The zero-order valence-corrected chi connectivity index (χ0v) is 10.1. The topological polar surface area (TPSA) is 43.1 Å². The summed E-state index contributed by atoms with van der Waals surface area (Å²) in [6.45, 7) is 0.0556. The van der Waals surface area contributed by atoms with E-state index < -0.39 is 0 Å². The summed E-state index contributed by atoms with van der Waals surface area (Å²) in [6, 6.07) is 0. The first kappa shape index (κ1) is 13.2. The maximum Gasteiger partial charge on any atom is 0.224 e. The molecule has 0 heterocycles. The van der Waals surface area contributed by atoms with Crippen LogP contribution in [0.1, 0.15) is 64.2 Å². The molecule has 0 N–H and O–H groups in total. The zero-order valence-electron chi connectivity index (χ0n) is 10.1. The summed E-state index contributed by atoms with van der Waals surface area (Å²) in [4.78, 5) is 10.3. The van der Waals surface area contributed by atoms with Gasteiger partial charge in [0, 0.05) is 4.92 Å². The summed E-state index contributed by atoms with van der Waals surface area (Å²) in [5.74, 6) is 0. The number of nitro groups is 1. The van der Waals surface area contributed by atoms with E-state index in [1.54, 1.807) is 0 Å². The summed E-state index contributed by atoms with van der Waals surface area (Å²) in [5, 5.41) is 10.5. The highest BCUT2D eigenvalue weighted by Gasteiger charge is 2.05. The standard InChI is InChI=1S/C13H23NO2/c15-14(16)12-13-10-8-6-4-2-1-3-5-7-9-11-13/h10H,1-9,11-12H2. The molecule has 3 heteroatoms. The zero-order chi connectivity index (χ0) is 11.6. The summed E-state index contributed by atoms with van der Waals surface area (Å²) in [7, 11) is 0. The van der Waals surface area contributed by atoms with E-state index in [9.17, 15) is 10.1 Å². The van der Waals surface area contributed by atoms with Gasteiger partial charge in [0.1, 0.15) is 0 Å². The summed E-state index contributed by atoms with van der Waals surface area (Å²) >= 11 is 0. The molecule has 16 heavy (non-hydrogen) atoms. The van der Waals surface area contributed by atoms with Crippen molar-refractivity contribution < 1.29 is 4.92 Å². The Morgan fingerprint density at radius 2 is 1.56 bits per heavy atom. The van der Waals surface area contributed by atoms with Crippen molar-refractivity contribution in [1.29, 1.82) is 0 Å². The van der Waals surface area contributed by atoms with E-state index in [0.29, 0.717) is 0 Å². The Kier molecular flexibility index (Phi) is 6.86. The molecule has 0 fully saturated rings. The maximum atomic E-state index is 10.5. The van der Waals surface area contributed by atoms with Gasteiger partial charge in [0.15, 0.2) is 0 Å². The van der Waals surface area contributed by atoms with Crippen LogP contribution in [0.25, 0.3) is 0 Å². The van der Waals surface area contributed by atoms with Gasteiger partial charge < -0.3 is 0 Å². The van der Waals surface area contributed by atoms with Gasteiger partial charge in [-0.25, -0.2) is 0 Å². The van der Waals surface area contributed by atoms with Gasteiger partial charge in [-0.05, 0) is 31.3 Å². The highest BCUT2D eigenvalue weighted by atomic mass is 16.6. The number of hydrogen-bond donors (Lipinski definition) is 0. The Morgan fingerprint density at radius 3 is 2.19 bits per heavy atom. The van der Waals surface area contributed by atoms with Crippen LogP contribution in [-0.2, 0) is 0 Å². The van der Waals surface area contributed by atoms with Crippen molar-refractivity contribution in [1.82, 2.24) is 0 Å². The molecule has 0 aromatic rings. The Hall–Kier alpha value is -0.860. The van der Waals surface area contributed by atoms with Crippen molar-refractivity contribution in [2.24, 2.45) is 0 Å². The number of nitrogens with zero attached hydrogens (tertiary/aromatic N) is 1. The molecule has 0 bridgehead atoms. The highest BCUT2D eigenvalue weighted by molar-refractivity contribution is 5.02. The van der Waals surface area contributed by atoms with Gasteiger partial charge in [-0.15, -0.1) is 0 Å². The lowest BCUT2D eigenvalue weighted by molar-refractivity contribution is -0.471. The third-order valence-electron chi connectivity index (χ3n) is 3.22. The third-order valence-corrected chi connectivity index (χ3v) is 3.22.